The van der Waals surface area contributed by atoms with E-state index in [4.69, 9.17) is 10.9 Å². The van der Waals surface area contributed by atoms with E-state index in [0.717, 1.165) is 19.4 Å². The van der Waals surface area contributed by atoms with Crippen molar-refractivity contribution in [2.45, 2.75) is 26.3 Å². The Balaban J connectivity index is 2.73. The summed E-state index contributed by atoms with van der Waals surface area (Å²) < 4.78 is 13.9. The number of oxime groups is 1. The van der Waals surface area contributed by atoms with Crippen LogP contribution in [0.4, 0.5) is 4.39 Å². The minimum absolute atomic E-state index is 0.127. The molecule has 0 aliphatic heterocycles. The molecule has 1 rings (SSSR count). The van der Waals surface area contributed by atoms with Gasteiger partial charge in [0.1, 0.15) is 5.82 Å². The van der Waals surface area contributed by atoms with Crippen molar-refractivity contribution >= 4 is 5.84 Å². The molecule has 0 radical (unpaired) electrons. The fraction of sp³-hybridized carbons (Fsp3) is 0.417. The number of hydrogen-bond acceptors (Lipinski definition) is 3. The molecule has 0 unspecified atom stereocenters. The lowest BCUT2D eigenvalue weighted by molar-refractivity contribution is 0.318. The Bertz CT molecular complexity index is 393. The first-order valence-corrected chi connectivity index (χ1v) is 5.66. The summed E-state index contributed by atoms with van der Waals surface area (Å²) >= 11 is 0. The van der Waals surface area contributed by atoms with E-state index in [1.165, 1.54) is 6.07 Å². The first kappa shape index (κ1) is 13.4. The fourth-order valence-electron chi connectivity index (χ4n) is 1.49. The molecule has 0 heterocycles. The second kappa shape index (κ2) is 6.85. The molecule has 0 fully saturated rings. The third-order valence-corrected chi connectivity index (χ3v) is 2.48. The maximum Gasteiger partial charge on any atom is 0.173 e. The van der Waals surface area contributed by atoms with Crippen LogP contribution >= 0.6 is 0 Å². The molecule has 4 N–H and O–H groups in total. The van der Waals surface area contributed by atoms with E-state index in [-0.39, 0.29) is 11.4 Å². The predicted octanol–water partition coefficient (Wildman–Crippen LogP) is 1.81. The molecule has 0 saturated heterocycles. The average molecular weight is 239 g/mol. The highest BCUT2D eigenvalue weighted by atomic mass is 19.1. The van der Waals surface area contributed by atoms with Crippen molar-refractivity contribution in [3.05, 3.63) is 35.1 Å². The standard InChI is InChI=1S/C12H18FN3O/c1-2-3-7-15-8-9-5-4-6-10(11(9)13)12(14)16-17/h4-6,15,17H,2-3,7-8H2,1H3,(H2,14,16). The number of nitrogens with one attached hydrogen (secondary N) is 1. The number of amidine groups is 1. The molecule has 17 heavy (non-hydrogen) atoms. The topological polar surface area (TPSA) is 70.6 Å². The third kappa shape index (κ3) is 3.71. The second-order valence-electron chi connectivity index (χ2n) is 3.79. The van der Waals surface area contributed by atoms with E-state index < -0.39 is 5.82 Å². The molecule has 0 aliphatic carbocycles. The van der Waals surface area contributed by atoms with Crippen LogP contribution in [0.25, 0.3) is 0 Å². The van der Waals surface area contributed by atoms with Crippen LogP contribution in [0.3, 0.4) is 0 Å². The monoisotopic (exact) mass is 239 g/mol. The number of nitrogens with zero attached hydrogens (tertiary/aromatic N) is 1. The smallest absolute Gasteiger partial charge is 0.173 e. The predicted molar refractivity (Wildman–Crippen MR) is 65.5 cm³/mol. The van der Waals surface area contributed by atoms with Crippen LogP contribution in [0.1, 0.15) is 30.9 Å². The Hall–Kier alpha value is -1.62. The van der Waals surface area contributed by atoms with Gasteiger partial charge in [0, 0.05) is 12.1 Å². The van der Waals surface area contributed by atoms with E-state index in [2.05, 4.69) is 17.4 Å². The van der Waals surface area contributed by atoms with E-state index in [1.54, 1.807) is 12.1 Å². The van der Waals surface area contributed by atoms with Crippen LogP contribution in [-0.4, -0.2) is 17.6 Å². The Labute approximate surface area is 100 Å². The van der Waals surface area contributed by atoms with Gasteiger partial charge < -0.3 is 16.3 Å². The van der Waals surface area contributed by atoms with Gasteiger partial charge in [-0.25, -0.2) is 4.39 Å². The zero-order chi connectivity index (χ0) is 12.7. The van der Waals surface area contributed by atoms with Gasteiger partial charge in [-0.15, -0.1) is 0 Å². The van der Waals surface area contributed by atoms with Gasteiger partial charge in [0.05, 0.1) is 5.56 Å². The zero-order valence-corrected chi connectivity index (χ0v) is 9.91. The Morgan fingerprint density at radius 3 is 2.94 bits per heavy atom. The Kier molecular flexibility index (Phi) is 5.42. The van der Waals surface area contributed by atoms with E-state index in [1.807, 2.05) is 0 Å². The van der Waals surface area contributed by atoms with Crippen molar-refractivity contribution in [2.75, 3.05) is 6.54 Å². The van der Waals surface area contributed by atoms with Gasteiger partial charge in [-0.2, -0.15) is 0 Å². The van der Waals surface area contributed by atoms with Crippen LogP contribution in [0, 0.1) is 5.82 Å². The largest absolute Gasteiger partial charge is 0.409 e. The van der Waals surface area contributed by atoms with Gasteiger partial charge in [0.2, 0.25) is 0 Å². The number of benzene rings is 1. The zero-order valence-electron chi connectivity index (χ0n) is 9.91. The summed E-state index contributed by atoms with van der Waals surface area (Å²) in [5, 5.41) is 14.5. The van der Waals surface area contributed by atoms with Crippen molar-refractivity contribution in [2.24, 2.45) is 10.9 Å². The Morgan fingerprint density at radius 1 is 1.53 bits per heavy atom. The minimum atomic E-state index is -0.438. The number of rotatable bonds is 6. The molecule has 0 bridgehead atoms. The van der Waals surface area contributed by atoms with Crippen molar-refractivity contribution in [1.29, 1.82) is 0 Å². The molecule has 0 aromatic heterocycles. The molecule has 0 aliphatic rings. The normalized spacial score (nSPS) is 11.8. The van der Waals surface area contributed by atoms with Crippen LogP contribution < -0.4 is 11.1 Å². The summed E-state index contributed by atoms with van der Waals surface area (Å²) in [4.78, 5) is 0. The van der Waals surface area contributed by atoms with E-state index in [0.29, 0.717) is 12.1 Å². The van der Waals surface area contributed by atoms with Crippen LogP contribution in [0.15, 0.2) is 23.4 Å². The summed E-state index contributed by atoms with van der Waals surface area (Å²) in [6, 6.07) is 4.86. The average Bonchev–Trinajstić information content (AvgIpc) is 2.35. The number of nitrogens with two attached hydrogens (primary N) is 1. The van der Waals surface area contributed by atoms with E-state index >= 15 is 0 Å². The first-order valence-electron chi connectivity index (χ1n) is 5.66. The lowest BCUT2D eigenvalue weighted by atomic mass is 10.1. The van der Waals surface area contributed by atoms with Gasteiger partial charge in [-0.3, -0.25) is 0 Å². The molecular weight excluding hydrogens is 221 g/mol. The van der Waals surface area contributed by atoms with Gasteiger partial charge in [0.15, 0.2) is 5.84 Å². The molecule has 0 spiro atoms. The van der Waals surface area contributed by atoms with Crippen LogP contribution in [0.5, 0.6) is 0 Å². The summed E-state index contributed by atoms with van der Waals surface area (Å²) in [7, 11) is 0. The van der Waals surface area contributed by atoms with Crippen LogP contribution in [0.2, 0.25) is 0 Å². The fourth-order valence-corrected chi connectivity index (χ4v) is 1.49. The highest BCUT2D eigenvalue weighted by Gasteiger charge is 2.10. The second-order valence-corrected chi connectivity index (χ2v) is 3.79. The Morgan fingerprint density at radius 2 is 2.29 bits per heavy atom. The SMILES string of the molecule is CCCCNCc1cccc(/C(N)=N/O)c1F. The summed E-state index contributed by atoms with van der Waals surface area (Å²) in [6.45, 7) is 3.39. The lowest BCUT2D eigenvalue weighted by Gasteiger charge is -2.08. The summed E-state index contributed by atoms with van der Waals surface area (Å²) in [6.07, 6.45) is 2.15. The van der Waals surface area contributed by atoms with Crippen LogP contribution in [-0.2, 0) is 6.54 Å². The molecule has 0 amide bonds. The highest BCUT2D eigenvalue weighted by molar-refractivity contribution is 5.97. The molecule has 4 nitrogen and oxygen atoms in total. The molecule has 94 valence electrons. The number of halogens is 1. The van der Waals surface area contributed by atoms with Gasteiger partial charge in [0.25, 0.3) is 0 Å². The molecule has 0 atom stereocenters. The maximum atomic E-state index is 13.9. The first-order chi connectivity index (χ1) is 8.20. The van der Waals surface area contributed by atoms with E-state index in [9.17, 15) is 4.39 Å². The van der Waals surface area contributed by atoms with Gasteiger partial charge in [-0.1, -0.05) is 30.6 Å². The van der Waals surface area contributed by atoms with Gasteiger partial charge >= 0.3 is 0 Å². The number of unbranched alkanes of at least 4 members (excludes halogenated alkanes) is 1. The maximum absolute atomic E-state index is 13.9. The summed E-state index contributed by atoms with van der Waals surface area (Å²) in [5.41, 5.74) is 6.03. The molecule has 0 saturated carbocycles. The lowest BCUT2D eigenvalue weighted by Crippen LogP contribution is -2.19. The van der Waals surface area contributed by atoms with Crippen molar-refractivity contribution in [3.8, 4) is 0 Å². The minimum Gasteiger partial charge on any atom is -0.409 e. The highest BCUT2D eigenvalue weighted by Crippen LogP contribution is 2.12. The quantitative estimate of drug-likeness (QED) is 0.233. The molecule has 1 aromatic carbocycles. The summed E-state index contributed by atoms with van der Waals surface area (Å²) in [5.74, 6) is -0.648. The molecule has 1 aromatic rings. The third-order valence-electron chi connectivity index (χ3n) is 2.48. The molecule has 5 heteroatoms. The van der Waals surface area contributed by atoms with Crippen molar-refractivity contribution in [1.82, 2.24) is 5.32 Å². The van der Waals surface area contributed by atoms with Gasteiger partial charge in [-0.05, 0) is 19.0 Å². The number of hydrogen-bond donors (Lipinski definition) is 3. The van der Waals surface area contributed by atoms with Crippen molar-refractivity contribution in [3.63, 3.8) is 0 Å². The molecular formula is C12H18FN3O. The van der Waals surface area contributed by atoms with Crippen molar-refractivity contribution < 1.29 is 9.60 Å².